The molecule has 0 bridgehead atoms. The maximum atomic E-state index is 5.25. The first-order chi connectivity index (χ1) is 7.85. The molecular weight excluding hydrogens is 200 g/mol. The first-order valence-electron chi connectivity index (χ1n) is 5.80. The Bertz CT molecular complexity index is 387. The van der Waals surface area contributed by atoms with Gasteiger partial charge < -0.3 is 9.64 Å². The third kappa shape index (κ3) is 2.18. The number of benzene rings is 1. The van der Waals surface area contributed by atoms with Gasteiger partial charge in [0, 0.05) is 31.3 Å². The van der Waals surface area contributed by atoms with Crippen LogP contribution in [-0.4, -0.2) is 26.0 Å². The molecule has 3 heteroatoms. The molecule has 0 fully saturated rings. The maximum Gasteiger partial charge on any atom is 0.120 e. The summed E-state index contributed by atoms with van der Waals surface area (Å²) in [7, 11) is 1.70. The number of hydrogen-bond donors (Lipinski definition) is 0. The lowest BCUT2D eigenvalue weighted by Crippen LogP contribution is -2.35. The predicted octanol–water partition coefficient (Wildman–Crippen LogP) is 2.71. The van der Waals surface area contributed by atoms with E-state index in [1.807, 2.05) is 12.1 Å². The molecule has 0 unspecified atom stereocenters. The Morgan fingerprint density at radius 3 is 3.06 bits per heavy atom. The van der Waals surface area contributed by atoms with Crippen LogP contribution in [0, 0.1) is 0 Å². The Morgan fingerprint density at radius 1 is 1.44 bits per heavy atom. The van der Waals surface area contributed by atoms with Crippen molar-refractivity contribution in [2.75, 3.05) is 25.1 Å². The zero-order valence-corrected chi connectivity index (χ0v) is 9.94. The second kappa shape index (κ2) is 5.01. The van der Waals surface area contributed by atoms with E-state index in [2.05, 4.69) is 28.9 Å². The highest BCUT2D eigenvalue weighted by Gasteiger charge is 2.15. The van der Waals surface area contributed by atoms with Crippen molar-refractivity contribution in [2.24, 2.45) is 4.99 Å². The lowest BCUT2D eigenvalue weighted by atomic mass is 10.2. The molecule has 0 aliphatic carbocycles. The quantitative estimate of drug-likeness (QED) is 0.779. The molecule has 0 aromatic heterocycles. The number of amidine groups is 1. The Labute approximate surface area is 96.7 Å². The van der Waals surface area contributed by atoms with E-state index >= 15 is 0 Å². The first-order valence-corrected chi connectivity index (χ1v) is 5.80. The average molecular weight is 218 g/mol. The van der Waals surface area contributed by atoms with E-state index in [0.717, 1.165) is 31.7 Å². The van der Waals surface area contributed by atoms with Crippen LogP contribution in [0.25, 0.3) is 0 Å². The van der Waals surface area contributed by atoms with Crippen LogP contribution in [0.1, 0.15) is 19.8 Å². The minimum Gasteiger partial charge on any atom is -0.497 e. The van der Waals surface area contributed by atoms with Gasteiger partial charge in [0.1, 0.15) is 11.6 Å². The molecule has 0 amide bonds. The largest absolute Gasteiger partial charge is 0.497 e. The van der Waals surface area contributed by atoms with Gasteiger partial charge in [-0.3, -0.25) is 4.99 Å². The van der Waals surface area contributed by atoms with Gasteiger partial charge >= 0.3 is 0 Å². The van der Waals surface area contributed by atoms with Crippen LogP contribution in [0.2, 0.25) is 0 Å². The zero-order chi connectivity index (χ0) is 11.4. The molecule has 1 aliphatic rings. The molecule has 0 radical (unpaired) electrons. The fourth-order valence-electron chi connectivity index (χ4n) is 2.01. The van der Waals surface area contributed by atoms with Gasteiger partial charge in [0.25, 0.3) is 0 Å². The number of anilines is 1. The summed E-state index contributed by atoms with van der Waals surface area (Å²) in [5.41, 5.74) is 1.18. The predicted molar refractivity (Wildman–Crippen MR) is 67.6 cm³/mol. The lowest BCUT2D eigenvalue weighted by molar-refractivity contribution is 0.415. The molecule has 0 N–H and O–H groups in total. The van der Waals surface area contributed by atoms with Crippen molar-refractivity contribution < 1.29 is 4.74 Å². The number of aliphatic imine (C=N–C) groups is 1. The molecule has 1 aromatic carbocycles. The smallest absolute Gasteiger partial charge is 0.120 e. The van der Waals surface area contributed by atoms with Gasteiger partial charge in [-0.1, -0.05) is 13.0 Å². The van der Waals surface area contributed by atoms with Gasteiger partial charge in [0.2, 0.25) is 0 Å². The molecule has 1 heterocycles. The Hall–Kier alpha value is -1.51. The topological polar surface area (TPSA) is 24.8 Å². The van der Waals surface area contributed by atoms with E-state index in [4.69, 9.17) is 4.74 Å². The second-order valence-corrected chi connectivity index (χ2v) is 3.86. The summed E-state index contributed by atoms with van der Waals surface area (Å²) in [6.45, 7) is 4.17. The molecule has 0 spiro atoms. The highest BCUT2D eigenvalue weighted by molar-refractivity contribution is 5.98. The Balaban J connectivity index is 2.28. The number of hydrogen-bond acceptors (Lipinski definition) is 3. The van der Waals surface area contributed by atoms with E-state index in [-0.39, 0.29) is 0 Å². The standard InChI is InChI=1S/C13H18N2O/c1-3-13-14-8-5-9-15(13)11-6-4-7-12(10-11)16-2/h4,6-7,10H,3,5,8-9H2,1-2H3. The summed E-state index contributed by atoms with van der Waals surface area (Å²) >= 11 is 0. The summed E-state index contributed by atoms with van der Waals surface area (Å²) < 4.78 is 5.25. The Morgan fingerprint density at radius 2 is 2.31 bits per heavy atom. The van der Waals surface area contributed by atoms with Crippen LogP contribution in [0.15, 0.2) is 29.3 Å². The van der Waals surface area contributed by atoms with Crippen molar-refractivity contribution in [1.82, 2.24) is 0 Å². The second-order valence-electron chi connectivity index (χ2n) is 3.86. The van der Waals surface area contributed by atoms with E-state index in [1.54, 1.807) is 7.11 Å². The number of rotatable bonds is 3. The van der Waals surface area contributed by atoms with Crippen molar-refractivity contribution in [3.05, 3.63) is 24.3 Å². The Kier molecular flexibility index (Phi) is 3.44. The van der Waals surface area contributed by atoms with Crippen LogP contribution in [0.4, 0.5) is 5.69 Å². The molecular formula is C13H18N2O. The summed E-state index contributed by atoms with van der Waals surface area (Å²) in [5.74, 6) is 2.08. The monoisotopic (exact) mass is 218 g/mol. The summed E-state index contributed by atoms with van der Waals surface area (Å²) in [5, 5.41) is 0. The SMILES string of the molecule is CCC1=NCCCN1c1cccc(OC)c1. The zero-order valence-electron chi connectivity index (χ0n) is 9.94. The average Bonchev–Trinajstić information content (AvgIpc) is 2.38. The molecule has 3 nitrogen and oxygen atoms in total. The maximum absolute atomic E-state index is 5.25. The highest BCUT2D eigenvalue weighted by Crippen LogP contribution is 2.23. The normalized spacial score (nSPS) is 15.9. The van der Waals surface area contributed by atoms with E-state index in [1.165, 1.54) is 11.5 Å². The van der Waals surface area contributed by atoms with Gasteiger partial charge in [0.05, 0.1) is 7.11 Å². The highest BCUT2D eigenvalue weighted by atomic mass is 16.5. The minimum atomic E-state index is 0.901. The van der Waals surface area contributed by atoms with Crippen molar-refractivity contribution in [1.29, 1.82) is 0 Å². The van der Waals surface area contributed by atoms with Crippen molar-refractivity contribution in [3.63, 3.8) is 0 Å². The van der Waals surface area contributed by atoms with E-state index in [9.17, 15) is 0 Å². The summed E-state index contributed by atoms with van der Waals surface area (Å²) in [4.78, 5) is 6.85. The van der Waals surface area contributed by atoms with Gasteiger partial charge in [-0.05, 0) is 18.6 Å². The summed E-state index contributed by atoms with van der Waals surface area (Å²) in [6.07, 6.45) is 2.11. The van der Waals surface area contributed by atoms with Crippen molar-refractivity contribution in [3.8, 4) is 5.75 Å². The van der Waals surface area contributed by atoms with Crippen molar-refractivity contribution in [2.45, 2.75) is 19.8 Å². The molecule has 1 aromatic rings. The van der Waals surface area contributed by atoms with Crippen LogP contribution in [0.5, 0.6) is 5.75 Å². The molecule has 0 saturated heterocycles. The van der Waals surface area contributed by atoms with Gasteiger partial charge in [-0.15, -0.1) is 0 Å². The molecule has 86 valence electrons. The fourth-order valence-corrected chi connectivity index (χ4v) is 2.01. The van der Waals surface area contributed by atoms with Crippen LogP contribution in [-0.2, 0) is 0 Å². The number of ether oxygens (including phenoxy) is 1. The third-order valence-electron chi connectivity index (χ3n) is 2.83. The van der Waals surface area contributed by atoms with Gasteiger partial charge in [-0.25, -0.2) is 0 Å². The molecule has 2 rings (SSSR count). The van der Waals surface area contributed by atoms with Crippen LogP contribution in [0.3, 0.4) is 0 Å². The molecule has 16 heavy (non-hydrogen) atoms. The molecule has 1 aliphatic heterocycles. The number of methoxy groups -OCH3 is 1. The first kappa shape index (κ1) is 11.0. The van der Waals surface area contributed by atoms with E-state index in [0.29, 0.717) is 0 Å². The van der Waals surface area contributed by atoms with Crippen LogP contribution >= 0.6 is 0 Å². The molecule has 0 atom stereocenters. The fraction of sp³-hybridized carbons (Fsp3) is 0.462. The third-order valence-corrected chi connectivity index (χ3v) is 2.83. The van der Waals surface area contributed by atoms with E-state index < -0.39 is 0 Å². The molecule has 0 saturated carbocycles. The minimum absolute atomic E-state index is 0.901. The lowest BCUT2D eigenvalue weighted by Gasteiger charge is -2.29. The summed E-state index contributed by atoms with van der Waals surface area (Å²) in [6, 6.07) is 8.17. The van der Waals surface area contributed by atoms with Crippen LogP contribution < -0.4 is 9.64 Å². The number of nitrogens with zero attached hydrogens (tertiary/aromatic N) is 2. The van der Waals surface area contributed by atoms with Gasteiger partial charge in [0.15, 0.2) is 0 Å². The van der Waals surface area contributed by atoms with Crippen molar-refractivity contribution >= 4 is 11.5 Å². The van der Waals surface area contributed by atoms with Gasteiger partial charge in [-0.2, -0.15) is 0 Å².